The zero-order valence-corrected chi connectivity index (χ0v) is 6.14. The lowest BCUT2D eigenvalue weighted by molar-refractivity contribution is 0.548. The molecule has 0 unspecified atom stereocenters. The molecule has 0 aliphatic carbocycles. The summed E-state index contributed by atoms with van der Waals surface area (Å²) < 4.78 is 0. The Hall–Kier alpha value is 0.270. The molecule has 1 aliphatic heterocycles. The maximum atomic E-state index is 3.33. The third-order valence-corrected chi connectivity index (χ3v) is 2.56. The molecule has 0 aromatic heterocycles. The second-order valence-corrected chi connectivity index (χ2v) is 3.32. The van der Waals surface area contributed by atoms with Gasteiger partial charge in [-0.25, -0.2) is 0 Å². The summed E-state index contributed by atoms with van der Waals surface area (Å²) in [6.45, 7) is 4.35. The van der Waals surface area contributed by atoms with E-state index in [1.165, 1.54) is 0 Å². The monoisotopic (exact) mass is 132 g/mol. The first-order valence-electron chi connectivity index (χ1n) is 2.82. The zero-order chi connectivity index (χ0) is 6.04. The van der Waals surface area contributed by atoms with Crippen LogP contribution in [0.3, 0.4) is 0 Å². The van der Waals surface area contributed by atoms with Crippen LogP contribution in [0.2, 0.25) is 0 Å². The molecule has 8 heavy (non-hydrogen) atoms. The quantitative estimate of drug-likeness (QED) is 0.533. The van der Waals surface area contributed by atoms with Crippen LogP contribution in [0.15, 0.2) is 0 Å². The molecule has 0 aromatic rings. The van der Waals surface area contributed by atoms with Crippen LogP contribution in [0.25, 0.3) is 0 Å². The molecule has 0 spiro atoms. The molecule has 0 radical (unpaired) electrons. The minimum Gasteiger partial charge on any atom is -0.290 e. The first-order chi connectivity index (χ1) is 3.77. The number of nitrogens with one attached hydrogen (secondary N) is 2. The molecule has 1 fully saturated rings. The van der Waals surface area contributed by atoms with Gasteiger partial charge in [-0.2, -0.15) is 0 Å². The molecule has 3 heteroatoms. The fourth-order valence-electron chi connectivity index (χ4n) is 0.809. The third kappa shape index (κ3) is 1.16. The van der Waals surface area contributed by atoms with Gasteiger partial charge in [0.15, 0.2) is 0 Å². The van der Waals surface area contributed by atoms with Crippen LogP contribution in [-0.4, -0.2) is 24.3 Å². The summed E-state index contributed by atoms with van der Waals surface area (Å²) in [5, 5.41) is 6.67. The summed E-state index contributed by atoms with van der Waals surface area (Å²) in [6, 6.07) is 0. The second kappa shape index (κ2) is 2.25. The van der Waals surface area contributed by atoms with E-state index in [1.807, 2.05) is 11.8 Å². The fraction of sp³-hybridized carbons (Fsp3) is 1.00. The number of rotatable bonds is 1. The van der Waals surface area contributed by atoms with E-state index in [9.17, 15) is 0 Å². The van der Waals surface area contributed by atoms with Gasteiger partial charge in [-0.1, -0.05) is 0 Å². The Morgan fingerprint density at radius 1 is 1.38 bits per heavy atom. The van der Waals surface area contributed by atoms with Gasteiger partial charge in [-0.15, -0.1) is 11.8 Å². The molecule has 0 aromatic carbocycles. The molecule has 1 heterocycles. The minimum atomic E-state index is 0.153. The van der Waals surface area contributed by atoms with Crippen molar-refractivity contribution in [3.63, 3.8) is 0 Å². The highest BCUT2D eigenvalue weighted by molar-refractivity contribution is 7.99. The van der Waals surface area contributed by atoms with Gasteiger partial charge in [0, 0.05) is 13.1 Å². The van der Waals surface area contributed by atoms with E-state index in [1.54, 1.807) is 0 Å². The van der Waals surface area contributed by atoms with E-state index >= 15 is 0 Å². The van der Waals surface area contributed by atoms with E-state index in [0.29, 0.717) is 0 Å². The van der Waals surface area contributed by atoms with Gasteiger partial charge in [0.05, 0.1) is 0 Å². The summed E-state index contributed by atoms with van der Waals surface area (Å²) in [4.78, 5) is 0.153. The van der Waals surface area contributed by atoms with Crippen molar-refractivity contribution in [1.29, 1.82) is 0 Å². The zero-order valence-electron chi connectivity index (χ0n) is 5.32. The third-order valence-electron chi connectivity index (χ3n) is 1.46. The Bertz CT molecular complexity index is 78.5. The standard InChI is InChI=1S/C5H12N2S/c1-5(8-2)6-3-4-7-5/h6-7H,3-4H2,1-2H3. The van der Waals surface area contributed by atoms with Crippen molar-refractivity contribution in [3.05, 3.63) is 0 Å². The summed E-state index contributed by atoms with van der Waals surface area (Å²) in [5.41, 5.74) is 0. The molecular formula is C5H12N2S. The lowest BCUT2D eigenvalue weighted by Crippen LogP contribution is -2.41. The van der Waals surface area contributed by atoms with Crippen molar-refractivity contribution in [2.45, 2.75) is 11.9 Å². The van der Waals surface area contributed by atoms with Gasteiger partial charge in [0.1, 0.15) is 4.99 Å². The van der Waals surface area contributed by atoms with Crippen LogP contribution in [0.5, 0.6) is 0 Å². The lowest BCUT2D eigenvalue weighted by Gasteiger charge is -2.21. The number of thioether (sulfide) groups is 1. The van der Waals surface area contributed by atoms with Crippen molar-refractivity contribution in [1.82, 2.24) is 10.6 Å². The van der Waals surface area contributed by atoms with Gasteiger partial charge < -0.3 is 0 Å². The Morgan fingerprint density at radius 2 is 1.88 bits per heavy atom. The predicted octanol–water partition coefficient (Wildman–Crippen LogP) is 0.216. The van der Waals surface area contributed by atoms with Gasteiger partial charge >= 0.3 is 0 Å². The molecular weight excluding hydrogens is 120 g/mol. The summed E-state index contributed by atoms with van der Waals surface area (Å²) >= 11 is 1.81. The first kappa shape index (κ1) is 6.39. The average molecular weight is 132 g/mol. The Balaban J connectivity index is 2.40. The maximum Gasteiger partial charge on any atom is 0.114 e. The molecule has 0 amide bonds. The summed E-state index contributed by atoms with van der Waals surface area (Å²) in [6.07, 6.45) is 2.10. The van der Waals surface area contributed by atoms with Gasteiger partial charge in [-0.05, 0) is 13.2 Å². The van der Waals surface area contributed by atoms with Crippen molar-refractivity contribution in [3.8, 4) is 0 Å². The van der Waals surface area contributed by atoms with Crippen LogP contribution in [-0.2, 0) is 0 Å². The van der Waals surface area contributed by atoms with Crippen LogP contribution < -0.4 is 10.6 Å². The fourth-order valence-corrected chi connectivity index (χ4v) is 1.30. The summed E-state index contributed by atoms with van der Waals surface area (Å²) in [5.74, 6) is 0. The van der Waals surface area contributed by atoms with Gasteiger partial charge in [-0.3, -0.25) is 10.6 Å². The number of hydrogen-bond acceptors (Lipinski definition) is 3. The SMILES string of the molecule is CSC1(C)NCCN1. The molecule has 0 saturated carbocycles. The maximum absolute atomic E-state index is 3.33. The van der Waals surface area contributed by atoms with E-state index in [4.69, 9.17) is 0 Å². The second-order valence-electron chi connectivity index (χ2n) is 2.09. The van der Waals surface area contributed by atoms with Crippen LogP contribution in [0.1, 0.15) is 6.92 Å². The topological polar surface area (TPSA) is 24.1 Å². The number of hydrogen-bond donors (Lipinski definition) is 2. The van der Waals surface area contributed by atoms with E-state index in [2.05, 4.69) is 23.8 Å². The Morgan fingerprint density at radius 3 is 2.12 bits per heavy atom. The molecule has 1 rings (SSSR count). The lowest BCUT2D eigenvalue weighted by atomic mass is 10.6. The Labute approximate surface area is 54.4 Å². The van der Waals surface area contributed by atoms with Crippen molar-refractivity contribution in [2.24, 2.45) is 0 Å². The predicted molar refractivity (Wildman–Crippen MR) is 37.9 cm³/mol. The largest absolute Gasteiger partial charge is 0.290 e. The molecule has 0 atom stereocenters. The van der Waals surface area contributed by atoms with Crippen molar-refractivity contribution < 1.29 is 0 Å². The molecule has 2 N–H and O–H groups in total. The van der Waals surface area contributed by atoms with Gasteiger partial charge in [0.25, 0.3) is 0 Å². The minimum absolute atomic E-state index is 0.153. The van der Waals surface area contributed by atoms with E-state index in [0.717, 1.165) is 13.1 Å². The highest BCUT2D eigenvalue weighted by Crippen LogP contribution is 2.16. The van der Waals surface area contributed by atoms with Crippen LogP contribution >= 0.6 is 11.8 Å². The highest BCUT2D eigenvalue weighted by atomic mass is 32.2. The van der Waals surface area contributed by atoms with Crippen molar-refractivity contribution >= 4 is 11.8 Å². The molecule has 1 aliphatic rings. The smallest absolute Gasteiger partial charge is 0.114 e. The normalized spacial score (nSPS) is 26.2. The average Bonchev–Trinajstić information content (AvgIpc) is 2.17. The molecule has 0 bridgehead atoms. The highest BCUT2D eigenvalue weighted by Gasteiger charge is 2.24. The Kier molecular flexibility index (Phi) is 1.80. The van der Waals surface area contributed by atoms with Crippen LogP contribution in [0.4, 0.5) is 0 Å². The van der Waals surface area contributed by atoms with Crippen molar-refractivity contribution in [2.75, 3.05) is 19.3 Å². The molecule has 48 valence electrons. The molecule has 1 saturated heterocycles. The van der Waals surface area contributed by atoms with Crippen LogP contribution in [0, 0.1) is 0 Å². The van der Waals surface area contributed by atoms with E-state index < -0.39 is 0 Å². The molecule has 2 nitrogen and oxygen atoms in total. The van der Waals surface area contributed by atoms with Gasteiger partial charge in [0.2, 0.25) is 0 Å². The van der Waals surface area contributed by atoms with E-state index in [-0.39, 0.29) is 4.99 Å². The summed E-state index contributed by atoms with van der Waals surface area (Å²) in [7, 11) is 0. The first-order valence-corrected chi connectivity index (χ1v) is 4.04.